The molecule has 0 amide bonds. The van der Waals surface area contributed by atoms with Crippen molar-refractivity contribution in [3.05, 3.63) is 35.9 Å². The number of benzene rings is 1. The van der Waals surface area contributed by atoms with Crippen LogP contribution in [-0.2, 0) is 0 Å². The summed E-state index contributed by atoms with van der Waals surface area (Å²) in [7, 11) is 3.33. The fraction of sp³-hybridized carbons (Fsp3) is 0.417. The lowest BCUT2D eigenvalue weighted by Gasteiger charge is -1.82. The van der Waals surface area contributed by atoms with Crippen LogP contribution in [0.5, 0.6) is 0 Å². The molecule has 0 fully saturated rings. The highest BCUT2D eigenvalue weighted by molar-refractivity contribution is 5.11. The van der Waals surface area contributed by atoms with Gasteiger partial charge in [-0.2, -0.15) is 5.26 Å². The molecule has 84 valence electrons. The summed E-state index contributed by atoms with van der Waals surface area (Å²) in [5, 5.41) is 10.8. The highest BCUT2D eigenvalue weighted by atomic mass is 14.8. The number of hydrogen-bond acceptors (Lipinski definition) is 3. The van der Waals surface area contributed by atoms with E-state index in [9.17, 15) is 0 Å². The molecule has 0 heterocycles. The molecule has 3 nitrogen and oxygen atoms in total. The van der Waals surface area contributed by atoms with E-state index in [2.05, 4.69) is 30.1 Å². The average molecular weight is 207 g/mol. The molecule has 1 rings (SSSR count). The molecule has 0 aliphatic heterocycles. The second-order valence-electron chi connectivity index (χ2n) is 2.67. The van der Waals surface area contributed by atoms with Gasteiger partial charge in [-0.05, 0) is 21.0 Å². The highest BCUT2D eigenvalue weighted by Gasteiger charge is 1.72. The average Bonchev–Trinajstić information content (AvgIpc) is 2.31. The third kappa shape index (κ3) is 15.4. The Morgan fingerprint density at radius 2 is 1.80 bits per heavy atom. The van der Waals surface area contributed by atoms with E-state index in [1.807, 2.05) is 31.3 Å². The third-order valence-corrected chi connectivity index (χ3v) is 1.43. The van der Waals surface area contributed by atoms with Crippen molar-refractivity contribution in [3.8, 4) is 6.07 Å². The molecule has 0 spiro atoms. The Labute approximate surface area is 92.9 Å². The minimum atomic E-state index is 0.608. The van der Waals surface area contributed by atoms with Crippen molar-refractivity contribution in [1.82, 2.24) is 5.32 Å². The molecule has 15 heavy (non-hydrogen) atoms. The second-order valence-corrected chi connectivity index (χ2v) is 2.67. The Bertz CT molecular complexity index is 239. The van der Waals surface area contributed by atoms with E-state index in [0.717, 1.165) is 6.54 Å². The van der Waals surface area contributed by atoms with Gasteiger partial charge in [-0.25, -0.2) is 0 Å². The lowest BCUT2D eigenvalue weighted by Crippen LogP contribution is -2.05. The van der Waals surface area contributed by atoms with Crippen molar-refractivity contribution in [2.45, 2.75) is 13.3 Å². The van der Waals surface area contributed by atoms with E-state index in [-0.39, 0.29) is 0 Å². The maximum absolute atomic E-state index is 7.91. The maximum atomic E-state index is 7.91. The van der Waals surface area contributed by atoms with Crippen LogP contribution in [0, 0.1) is 18.3 Å². The first kappa shape index (κ1) is 16.1. The number of nitriles is 1. The van der Waals surface area contributed by atoms with Crippen LogP contribution in [0.25, 0.3) is 0 Å². The molecule has 0 saturated heterocycles. The quantitative estimate of drug-likeness (QED) is 0.725. The molecule has 3 heteroatoms. The zero-order chi connectivity index (χ0) is 11.9. The first-order chi connectivity index (χ1) is 7.31. The fourth-order valence-electron chi connectivity index (χ4n) is 0.715. The minimum Gasteiger partial charge on any atom is -0.333 e. The summed E-state index contributed by atoms with van der Waals surface area (Å²) < 4.78 is 0. The molecular weight excluding hydrogens is 186 g/mol. The van der Waals surface area contributed by atoms with Crippen molar-refractivity contribution in [2.24, 2.45) is 5.73 Å². The van der Waals surface area contributed by atoms with Crippen LogP contribution in [0.1, 0.15) is 12.0 Å². The van der Waals surface area contributed by atoms with Gasteiger partial charge in [0.2, 0.25) is 0 Å². The van der Waals surface area contributed by atoms with Gasteiger partial charge in [-0.15, -0.1) is 0 Å². The molecule has 0 aliphatic rings. The summed E-state index contributed by atoms with van der Waals surface area (Å²) in [6.07, 6.45) is 0.608. The summed E-state index contributed by atoms with van der Waals surface area (Å²) in [5.41, 5.74) is 5.82. The summed E-state index contributed by atoms with van der Waals surface area (Å²) >= 11 is 0. The van der Waals surface area contributed by atoms with Gasteiger partial charge in [0.05, 0.1) is 6.07 Å². The molecule has 0 unspecified atom stereocenters. The fourth-order valence-corrected chi connectivity index (χ4v) is 0.715. The van der Waals surface area contributed by atoms with Gasteiger partial charge in [0.1, 0.15) is 0 Å². The van der Waals surface area contributed by atoms with Crippen LogP contribution in [0.3, 0.4) is 0 Å². The zero-order valence-electron chi connectivity index (χ0n) is 9.83. The first-order valence-electron chi connectivity index (χ1n) is 4.92. The molecule has 3 N–H and O–H groups in total. The number of hydrogen-bond donors (Lipinski definition) is 2. The summed E-state index contributed by atoms with van der Waals surface area (Å²) in [6.45, 7) is 2.89. The van der Waals surface area contributed by atoms with Crippen LogP contribution in [0.2, 0.25) is 0 Å². The van der Waals surface area contributed by atoms with Crippen molar-refractivity contribution < 1.29 is 0 Å². The summed E-state index contributed by atoms with van der Waals surface area (Å²) in [6, 6.07) is 12.3. The second kappa shape index (κ2) is 15.1. The van der Waals surface area contributed by atoms with E-state index in [1.165, 1.54) is 12.6 Å². The van der Waals surface area contributed by atoms with Gasteiger partial charge in [0, 0.05) is 13.0 Å². The number of nitrogens with zero attached hydrogens (tertiary/aromatic N) is 1. The van der Waals surface area contributed by atoms with Gasteiger partial charge < -0.3 is 11.1 Å². The monoisotopic (exact) mass is 207 g/mol. The largest absolute Gasteiger partial charge is 0.333 e. The number of nitrogens with one attached hydrogen (secondary N) is 1. The third-order valence-electron chi connectivity index (χ3n) is 1.43. The highest BCUT2D eigenvalue weighted by Crippen LogP contribution is 1.92. The maximum Gasteiger partial charge on any atom is 0.0635 e. The molecule has 0 atom stereocenters. The molecule has 0 bridgehead atoms. The van der Waals surface area contributed by atoms with Gasteiger partial charge in [-0.3, -0.25) is 0 Å². The Kier molecular flexibility index (Phi) is 16.2. The number of rotatable bonds is 2. The van der Waals surface area contributed by atoms with E-state index < -0.39 is 0 Å². The van der Waals surface area contributed by atoms with Crippen molar-refractivity contribution in [1.29, 1.82) is 5.26 Å². The van der Waals surface area contributed by atoms with Gasteiger partial charge >= 0.3 is 0 Å². The Morgan fingerprint density at radius 1 is 1.27 bits per heavy atom. The zero-order valence-corrected chi connectivity index (χ0v) is 9.83. The van der Waals surface area contributed by atoms with Crippen molar-refractivity contribution in [2.75, 3.05) is 20.6 Å². The van der Waals surface area contributed by atoms with Crippen molar-refractivity contribution in [3.63, 3.8) is 0 Å². The van der Waals surface area contributed by atoms with Crippen LogP contribution in [-0.4, -0.2) is 20.6 Å². The molecule has 0 aliphatic carbocycles. The molecule has 0 radical (unpaired) electrons. The van der Waals surface area contributed by atoms with Gasteiger partial charge in [0.15, 0.2) is 0 Å². The Balaban J connectivity index is 0. The van der Waals surface area contributed by atoms with Crippen molar-refractivity contribution >= 4 is 0 Å². The van der Waals surface area contributed by atoms with E-state index in [4.69, 9.17) is 5.26 Å². The van der Waals surface area contributed by atoms with Crippen LogP contribution in [0.15, 0.2) is 30.3 Å². The first-order valence-corrected chi connectivity index (χ1v) is 4.92. The lowest BCUT2D eigenvalue weighted by molar-refractivity contribution is 0.813. The molecule has 1 aromatic rings. The predicted octanol–water partition coefficient (Wildman–Crippen LogP) is 1.69. The van der Waals surface area contributed by atoms with Crippen LogP contribution in [0.4, 0.5) is 0 Å². The van der Waals surface area contributed by atoms with E-state index in [0.29, 0.717) is 6.42 Å². The lowest BCUT2D eigenvalue weighted by atomic mass is 10.2. The van der Waals surface area contributed by atoms with Gasteiger partial charge in [-0.1, -0.05) is 35.9 Å². The molecule has 1 aromatic carbocycles. The SMILES string of the molecule is CN.CNCCC#N.Cc1ccccc1. The summed E-state index contributed by atoms with van der Waals surface area (Å²) in [5.74, 6) is 0. The standard InChI is InChI=1S/C7H8.C4H8N2.CH5N/c1-7-5-3-2-4-6-7;1-6-4-2-3-5;1-2/h2-6H,1H3;6H,2,4H2,1H3;2H2,1H3. The predicted molar refractivity (Wildman–Crippen MR) is 65.4 cm³/mol. The molecule has 0 aromatic heterocycles. The number of nitrogens with two attached hydrogens (primary N) is 1. The topological polar surface area (TPSA) is 61.8 Å². The molecular formula is C12H21N3. The van der Waals surface area contributed by atoms with E-state index >= 15 is 0 Å². The summed E-state index contributed by atoms with van der Waals surface area (Å²) in [4.78, 5) is 0. The Morgan fingerprint density at radius 3 is 2.00 bits per heavy atom. The smallest absolute Gasteiger partial charge is 0.0635 e. The van der Waals surface area contributed by atoms with E-state index in [1.54, 1.807) is 0 Å². The van der Waals surface area contributed by atoms with Crippen LogP contribution >= 0.6 is 0 Å². The Hall–Kier alpha value is -1.37. The number of aryl methyl sites for hydroxylation is 1. The molecule has 0 saturated carbocycles. The minimum absolute atomic E-state index is 0.608. The normalized spacial score (nSPS) is 7.40. The van der Waals surface area contributed by atoms with Crippen LogP contribution < -0.4 is 11.1 Å². The van der Waals surface area contributed by atoms with Gasteiger partial charge in [0.25, 0.3) is 0 Å².